The zero-order valence-corrected chi connectivity index (χ0v) is 20.9. The van der Waals surface area contributed by atoms with Crippen molar-refractivity contribution in [2.24, 2.45) is 0 Å². The minimum absolute atomic E-state index is 0.0791. The number of anilines is 2. The van der Waals surface area contributed by atoms with E-state index in [0.29, 0.717) is 42.0 Å². The van der Waals surface area contributed by atoms with Gasteiger partial charge in [0.25, 0.3) is 11.1 Å². The van der Waals surface area contributed by atoms with Crippen molar-refractivity contribution in [3.05, 3.63) is 76.9 Å². The van der Waals surface area contributed by atoms with Crippen LogP contribution >= 0.6 is 11.8 Å². The number of aromatic carboxylic acids is 1. The summed E-state index contributed by atoms with van der Waals surface area (Å²) in [5.74, 6) is -1.62. The van der Waals surface area contributed by atoms with Gasteiger partial charge in [0.1, 0.15) is 18.1 Å². The summed E-state index contributed by atoms with van der Waals surface area (Å²) in [5.41, 5.74) is 2.05. The number of nitrogens with zero attached hydrogens (tertiary/aromatic N) is 2. The SMILES string of the molecule is O=C(CN1C(=O)S/C(=C\c2ccc(-c3ccccc3C(=O)O)o2)C1=O)Nc1ccc(N2CCOCC2)cc1. The van der Waals surface area contributed by atoms with Crippen molar-refractivity contribution in [2.45, 2.75) is 0 Å². The maximum atomic E-state index is 12.8. The zero-order valence-electron chi connectivity index (χ0n) is 20.1. The number of furan rings is 1. The van der Waals surface area contributed by atoms with E-state index in [1.165, 1.54) is 12.1 Å². The van der Waals surface area contributed by atoms with Gasteiger partial charge in [-0.25, -0.2) is 4.79 Å². The van der Waals surface area contributed by atoms with Crippen LogP contribution in [0.15, 0.2) is 70.0 Å². The Morgan fingerprint density at radius 3 is 2.47 bits per heavy atom. The van der Waals surface area contributed by atoms with Gasteiger partial charge in [-0.2, -0.15) is 0 Å². The van der Waals surface area contributed by atoms with Crippen molar-refractivity contribution in [3.63, 3.8) is 0 Å². The van der Waals surface area contributed by atoms with Gasteiger partial charge in [0.05, 0.1) is 23.7 Å². The predicted octanol–water partition coefficient (Wildman–Crippen LogP) is 4.16. The number of carbonyl (C=O) groups excluding carboxylic acids is 3. The summed E-state index contributed by atoms with van der Waals surface area (Å²) < 4.78 is 11.1. The van der Waals surface area contributed by atoms with Crippen molar-refractivity contribution in [2.75, 3.05) is 43.1 Å². The van der Waals surface area contributed by atoms with E-state index in [1.54, 1.807) is 42.5 Å². The number of ether oxygens (including phenoxy) is 1. The molecule has 194 valence electrons. The Labute approximate surface area is 221 Å². The summed E-state index contributed by atoms with van der Waals surface area (Å²) >= 11 is 0.704. The van der Waals surface area contributed by atoms with E-state index >= 15 is 0 Å². The molecule has 38 heavy (non-hydrogen) atoms. The number of benzene rings is 2. The van der Waals surface area contributed by atoms with E-state index in [4.69, 9.17) is 9.15 Å². The third-order valence-corrected chi connectivity index (χ3v) is 6.93. The van der Waals surface area contributed by atoms with Crippen molar-refractivity contribution < 1.29 is 33.4 Å². The number of rotatable bonds is 7. The van der Waals surface area contributed by atoms with E-state index in [1.807, 2.05) is 12.1 Å². The number of carboxylic acids is 1. The highest BCUT2D eigenvalue weighted by atomic mass is 32.2. The fourth-order valence-corrected chi connectivity index (χ4v) is 4.96. The van der Waals surface area contributed by atoms with Crippen molar-refractivity contribution >= 4 is 52.2 Å². The molecular weight excluding hydrogens is 510 g/mol. The fourth-order valence-electron chi connectivity index (χ4n) is 4.15. The Morgan fingerprint density at radius 2 is 1.74 bits per heavy atom. The minimum Gasteiger partial charge on any atom is -0.478 e. The molecule has 2 fully saturated rings. The second-order valence-corrected chi connectivity index (χ2v) is 9.51. The summed E-state index contributed by atoms with van der Waals surface area (Å²) in [7, 11) is 0. The largest absolute Gasteiger partial charge is 0.478 e. The van der Waals surface area contributed by atoms with Crippen LogP contribution in [-0.4, -0.2) is 65.9 Å². The molecule has 0 bridgehead atoms. The minimum atomic E-state index is -1.09. The average molecular weight is 534 g/mol. The first-order chi connectivity index (χ1) is 18.4. The third kappa shape index (κ3) is 5.48. The fraction of sp³-hybridized carbons (Fsp3) is 0.185. The molecule has 2 aliphatic heterocycles. The molecular formula is C27H23N3O7S. The lowest BCUT2D eigenvalue weighted by molar-refractivity contribution is -0.127. The molecule has 0 unspecified atom stereocenters. The summed E-state index contributed by atoms with van der Waals surface area (Å²) in [6.07, 6.45) is 1.40. The molecule has 0 radical (unpaired) electrons. The van der Waals surface area contributed by atoms with Crippen molar-refractivity contribution in [1.29, 1.82) is 0 Å². The maximum absolute atomic E-state index is 12.8. The van der Waals surface area contributed by atoms with Gasteiger partial charge < -0.3 is 24.5 Å². The van der Waals surface area contributed by atoms with Crippen LogP contribution in [0.25, 0.3) is 17.4 Å². The van der Waals surface area contributed by atoms with E-state index in [0.717, 1.165) is 23.7 Å². The molecule has 0 saturated carbocycles. The molecule has 11 heteroatoms. The number of thioether (sulfide) groups is 1. The van der Waals surface area contributed by atoms with Crippen molar-refractivity contribution in [1.82, 2.24) is 4.90 Å². The van der Waals surface area contributed by atoms with E-state index in [-0.39, 0.29) is 16.2 Å². The van der Waals surface area contributed by atoms with Crippen LogP contribution in [-0.2, 0) is 14.3 Å². The Bertz CT molecular complexity index is 1420. The number of hydrogen-bond acceptors (Lipinski definition) is 8. The number of imide groups is 1. The normalized spacial score (nSPS) is 16.8. The molecule has 2 aliphatic rings. The quantitative estimate of drug-likeness (QED) is 0.430. The highest BCUT2D eigenvalue weighted by molar-refractivity contribution is 8.18. The van der Waals surface area contributed by atoms with E-state index < -0.39 is 29.6 Å². The van der Waals surface area contributed by atoms with Gasteiger partial charge in [-0.15, -0.1) is 0 Å². The number of carboxylic acid groups (broad SMARTS) is 1. The van der Waals surface area contributed by atoms with Crippen LogP contribution in [0.2, 0.25) is 0 Å². The third-order valence-electron chi connectivity index (χ3n) is 6.03. The number of morpholine rings is 1. The van der Waals surface area contributed by atoms with Crippen molar-refractivity contribution in [3.8, 4) is 11.3 Å². The molecule has 3 aromatic rings. The molecule has 0 spiro atoms. The molecule has 0 atom stereocenters. The Kier molecular flexibility index (Phi) is 7.29. The Hall–Kier alpha value is -4.35. The van der Waals surface area contributed by atoms with Gasteiger partial charge >= 0.3 is 5.97 Å². The lowest BCUT2D eigenvalue weighted by Gasteiger charge is -2.28. The topological polar surface area (TPSA) is 129 Å². The highest BCUT2D eigenvalue weighted by Crippen LogP contribution is 2.34. The molecule has 3 amide bonds. The smallest absolute Gasteiger partial charge is 0.336 e. The number of amides is 3. The second kappa shape index (κ2) is 11.0. The zero-order chi connectivity index (χ0) is 26.6. The number of nitrogens with one attached hydrogen (secondary N) is 1. The van der Waals surface area contributed by atoms with Crippen LogP contribution in [0.5, 0.6) is 0 Å². The first kappa shape index (κ1) is 25.3. The standard InChI is InChI=1S/C27H23N3O7S/c31-24(28-17-5-7-18(8-6-17)29-11-13-36-14-12-29)16-30-25(32)23(38-27(30)35)15-19-9-10-22(37-19)20-3-1-2-4-21(20)26(33)34/h1-10,15H,11-14,16H2,(H,28,31)(H,33,34)/b23-15-. The van der Waals surface area contributed by atoms with Gasteiger partial charge in [0, 0.05) is 36.1 Å². The van der Waals surface area contributed by atoms with E-state index in [2.05, 4.69) is 10.2 Å². The van der Waals surface area contributed by atoms with Crippen LogP contribution < -0.4 is 10.2 Å². The number of carbonyl (C=O) groups is 4. The summed E-state index contributed by atoms with van der Waals surface area (Å²) in [5, 5.41) is 11.6. The Morgan fingerprint density at radius 1 is 1.00 bits per heavy atom. The second-order valence-electron chi connectivity index (χ2n) is 8.52. The van der Waals surface area contributed by atoms with Gasteiger partial charge in [-0.1, -0.05) is 18.2 Å². The van der Waals surface area contributed by atoms with Crippen LogP contribution in [0, 0.1) is 0 Å². The Balaban J connectivity index is 1.22. The van der Waals surface area contributed by atoms with Gasteiger partial charge in [-0.05, 0) is 54.2 Å². The molecule has 1 aromatic heterocycles. The lowest BCUT2D eigenvalue weighted by Crippen LogP contribution is -2.36. The van der Waals surface area contributed by atoms with Crippen LogP contribution in [0.3, 0.4) is 0 Å². The summed E-state index contributed by atoms with van der Waals surface area (Å²) in [4.78, 5) is 52.6. The lowest BCUT2D eigenvalue weighted by atomic mass is 10.1. The first-order valence-corrected chi connectivity index (χ1v) is 12.6. The predicted molar refractivity (Wildman–Crippen MR) is 142 cm³/mol. The highest BCUT2D eigenvalue weighted by Gasteiger charge is 2.36. The average Bonchev–Trinajstić information content (AvgIpc) is 3.49. The van der Waals surface area contributed by atoms with Gasteiger partial charge in [0.2, 0.25) is 5.91 Å². The number of hydrogen-bond donors (Lipinski definition) is 2. The molecule has 2 N–H and O–H groups in total. The first-order valence-electron chi connectivity index (χ1n) is 11.8. The van der Waals surface area contributed by atoms with Crippen LogP contribution in [0.4, 0.5) is 16.2 Å². The van der Waals surface area contributed by atoms with Gasteiger partial charge in [0.15, 0.2) is 0 Å². The molecule has 3 heterocycles. The summed E-state index contributed by atoms with van der Waals surface area (Å²) in [6, 6.07) is 16.9. The maximum Gasteiger partial charge on any atom is 0.336 e. The van der Waals surface area contributed by atoms with E-state index in [9.17, 15) is 24.3 Å². The molecule has 10 nitrogen and oxygen atoms in total. The summed E-state index contributed by atoms with van der Waals surface area (Å²) in [6.45, 7) is 2.51. The molecule has 0 aliphatic carbocycles. The van der Waals surface area contributed by atoms with Crippen LogP contribution in [0.1, 0.15) is 16.1 Å². The van der Waals surface area contributed by atoms with Gasteiger partial charge in [-0.3, -0.25) is 19.3 Å². The molecule has 2 saturated heterocycles. The molecule has 2 aromatic carbocycles. The molecule has 5 rings (SSSR count). The monoisotopic (exact) mass is 533 g/mol.